The second kappa shape index (κ2) is 3.86. The van der Waals surface area contributed by atoms with Gasteiger partial charge in [0.1, 0.15) is 11.4 Å². The molecule has 82 valence electrons. The number of nitrogens with zero attached hydrogens (tertiary/aromatic N) is 2. The van der Waals surface area contributed by atoms with Crippen molar-refractivity contribution in [1.82, 2.24) is 10.2 Å². The van der Waals surface area contributed by atoms with Gasteiger partial charge in [-0.3, -0.25) is 5.10 Å². The molecule has 1 aromatic rings. The summed E-state index contributed by atoms with van der Waals surface area (Å²) >= 11 is -1.11. The zero-order valence-corrected chi connectivity index (χ0v) is 9.50. The molecule has 1 unspecified atom stereocenters. The maximum absolute atomic E-state index is 11.9. The Bertz CT molecular complexity index is 361. The molecular weight excluding hydrogens is 214 g/mol. The highest BCUT2D eigenvalue weighted by Crippen LogP contribution is 2.25. The van der Waals surface area contributed by atoms with Crippen LogP contribution in [0.1, 0.15) is 25.8 Å². The minimum atomic E-state index is -1.11. The van der Waals surface area contributed by atoms with Gasteiger partial charge in [0.15, 0.2) is 0 Å². The van der Waals surface area contributed by atoms with E-state index in [4.69, 9.17) is 4.84 Å². The molecule has 1 N–H and O–H groups in total. The van der Waals surface area contributed by atoms with Crippen LogP contribution < -0.4 is 0 Å². The van der Waals surface area contributed by atoms with E-state index in [9.17, 15) is 4.55 Å². The largest absolute Gasteiger partial charge is 0.610 e. The highest BCUT2D eigenvalue weighted by atomic mass is 32.2. The van der Waals surface area contributed by atoms with Crippen LogP contribution >= 0.6 is 0 Å². The minimum Gasteiger partial charge on any atom is -0.610 e. The summed E-state index contributed by atoms with van der Waals surface area (Å²) < 4.78 is 11.9. The normalized spacial score (nSPS) is 20.9. The van der Waals surface area contributed by atoms with Crippen molar-refractivity contribution in [2.45, 2.75) is 31.6 Å². The van der Waals surface area contributed by atoms with E-state index in [0.29, 0.717) is 17.2 Å². The minimum absolute atomic E-state index is 0.318. The summed E-state index contributed by atoms with van der Waals surface area (Å²) in [6, 6.07) is 0. The summed E-state index contributed by atoms with van der Waals surface area (Å²) in [6.45, 7) is 3.86. The van der Waals surface area contributed by atoms with Crippen LogP contribution in [-0.4, -0.2) is 25.4 Å². The monoisotopic (exact) mass is 227 g/mol. The van der Waals surface area contributed by atoms with Gasteiger partial charge in [0.2, 0.25) is 0 Å². The Hall–Kier alpha value is -1.01. The molecule has 0 saturated heterocycles. The molecule has 15 heavy (non-hydrogen) atoms. The predicted molar refractivity (Wildman–Crippen MR) is 57.7 cm³/mol. The smallest absolute Gasteiger partial charge is 0.259 e. The molecule has 1 aromatic heterocycles. The third kappa shape index (κ3) is 2.51. The van der Waals surface area contributed by atoms with Crippen molar-refractivity contribution >= 4 is 16.2 Å². The number of H-pyrrole nitrogens is 1. The van der Waals surface area contributed by atoms with Gasteiger partial charge in [-0.25, -0.2) is 0 Å². The predicted octanol–water partition coefficient (Wildman–Crippen LogP) is 1.17. The highest BCUT2D eigenvalue weighted by Gasteiger charge is 2.35. The van der Waals surface area contributed by atoms with Crippen molar-refractivity contribution in [3.63, 3.8) is 0 Å². The van der Waals surface area contributed by atoms with Crippen molar-refractivity contribution in [3.05, 3.63) is 18.0 Å². The van der Waals surface area contributed by atoms with Gasteiger partial charge in [-0.05, 0) is 19.0 Å². The lowest BCUT2D eigenvalue weighted by Gasteiger charge is -2.13. The fraction of sp³-hybridized carbons (Fsp3) is 0.556. The second-order valence-corrected chi connectivity index (χ2v) is 5.56. The number of aromatic amines is 1. The van der Waals surface area contributed by atoms with Gasteiger partial charge in [-0.15, -0.1) is 0 Å². The topological polar surface area (TPSA) is 73.3 Å². The van der Waals surface area contributed by atoms with E-state index in [-0.39, 0.29) is 5.60 Å². The number of oxime groups is 1. The summed E-state index contributed by atoms with van der Waals surface area (Å²) in [4.78, 5) is 5.16. The molecule has 0 aromatic carbocycles. The van der Waals surface area contributed by atoms with E-state index >= 15 is 0 Å². The Morgan fingerprint density at radius 2 is 2.47 bits per heavy atom. The molecule has 2 rings (SSSR count). The van der Waals surface area contributed by atoms with E-state index in [2.05, 4.69) is 15.4 Å². The van der Waals surface area contributed by atoms with Gasteiger partial charge >= 0.3 is 0 Å². The van der Waals surface area contributed by atoms with E-state index in [1.54, 1.807) is 12.4 Å². The molecule has 0 spiro atoms. The molecule has 1 aliphatic heterocycles. The van der Waals surface area contributed by atoms with Gasteiger partial charge in [0.25, 0.3) is 5.04 Å². The van der Waals surface area contributed by atoms with Gasteiger partial charge < -0.3 is 9.39 Å². The Morgan fingerprint density at radius 1 is 1.67 bits per heavy atom. The Balaban J connectivity index is 1.95. The fourth-order valence-corrected chi connectivity index (χ4v) is 2.57. The summed E-state index contributed by atoms with van der Waals surface area (Å²) in [7, 11) is 0. The van der Waals surface area contributed by atoms with E-state index in [1.165, 1.54) is 0 Å². The molecule has 0 radical (unpaired) electrons. The van der Waals surface area contributed by atoms with E-state index in [0.717, 1.165) is 5.56 Å². The Labute approximate surface area is 91.1 Å². The molecular formula is C9H13N3O2S. The lowest BCUT2D eigenvalue weighted by Crippen LogP contribution is -2.23. The lowest BCUT2D eigenvalue weighted by atomic mass is 10.1. The van der Waals surface area contributed by atoms with Gasteiger partial charge in [0, 0.05) is 22.9 Å². The molecule has 6 heteroatoms. The number of aromatic nitrogens is 2. The maximum Gasteiger partial charge on any atom is 0.259 e. The van der Waals surface area contributed by atoms with Crippen molar-refractivity contribution < 1.29 is 9.39 Å². The van der Waals surface area contributed by atoms with Crippen molar-refractivity contribution in [3.8, 4) is 0 Å². The molecule has 0 amide bonds. The molecule has 1 aliphatic rings. The summed E-state index contributed by atoms with van der Waals surface area (Å²) in [6.07, 6.45) is 4.02. The molecule has 1 atom stereocenters. The van der Waals surface area contributed by atoms with Crippen LogP contribution in [0.15, 0.2) is 17.5 Å². The Morgan fingerprint density at radius 3 is 3.00 bits per heavy atom. The summed E-state index contributed by atoms with van der Waals surface area (Å²) in [5.41, 5.74) is 0.599. The third-order valence-corrected chi connectivity index (χ3v) is 3.43. The van der Waals surface area contributed by atoms with Crippen molar-refractivity contribution in [1.29, 1.82) is 0 Å². The molecule has 0 fully saturated rings. The third-order valence-electron chi connectivity index (χ3n) is 2.09. The fourth-order valence-electron chi connectivity index (χ4n) is 1.32. The first kappa shape index (κ1) is 10.5. The number of hydrogen-bond donors (Lipinski definition) is 1. The zero-order chi connectivity index (χ0) is 10.9. The van der Waals surface area contributed by atoms with Crippen LogP contribution in [-0.2, 0) is 21.8 Å². The SMILES string of the molecule is CC1(C)CC([S+]([O-])Cc2cn[nH]c2)=NO1. The first-order valence-corrected chi connectivity index (χ1v) is 6.00. The average Bonchev–Trinajstić information content (AvgIpc) is 2.74. The molecule has 2 heterocycles. The first-order chi connectivity index (χ1) is 7.07. The standard InChI is InChI=1S/C9H13N3O2S/c1-9(2)3-8(12-14-9)15(13)6-7-4-10-11-5-7/h4-5H,3,6H2,1-2H3,(H,10,11). The molecule has 0 aliphatic carbocycles. The first-order valence-electron chi connectivity index (χ1n) is 4.68. The van der Waals surface area contributed by atoms with E-state index in [1.807, 2.05) is 13.8 Å². The maximum atomic E-state index is 11.9. The van der Waals surface area contributed by atoms with Crippen LogP contribution in [0, 0.1) is 0 Å². The number of hydrogen-bond acceptors (Lipinski definition) is 4. The highest BCUT2D eigenvalue weighted by molar-refractivity contribution is 8.05. The quantitative estimate of drug-likeness (QED) is 0.771. The zero-order valence-electron chi connectivity index (χ0n) is 8.69. The van der Waals surface area contributed by atoms with E-state index < -0.39 is 11.2 Å². The summed E-state index contributed by atoms with van der Waals surface area (Å²) in [5.74, 6) is 0.439. The van der Waals surface area contributed by atoms with Crippen LogP contribution in [0.3, 0.4) is 0 Å². The van der Waals surface area contributed by atoms with Gasteiger partial charge in [-0.1, -0.05) is 0 Å². The van der Waals surface area contributed by atoms with Crippen molar-refractivity contribution in [2.75, 3.05) is 0 Å². The van der Waals surface area contributed by atoms with Crippen LogP contribution in [0.25, 0.3) is 0 Å². The lowest BCUT2D eigenvalue weighted by molar-refractivity contribution is 0.0123. The van der Waals surface area contributed by atoms with Crippen LogP contribution in [0.2, 0.25) is 0 Å². The molecule has 0 bridgehead atoms. The number of rotatable bonds is 2. The van der Waals surface area contributed by atoms with Gasteiger partial charge in [0.05, 0.1) is 12.6 Å². The molecule has 0 saturated carbocycles. The second-order valence-electron chi connectivity index (χ2n) is 4.11. The number of nitrogens with one attached hydrogen (secondary N) is 1. The van der Waals surface area contributed by atoms with Crippen LogP contribution in [0.5, 0.6) is 0 Å². The Kier molecular flexibility index (Phi) is 2.70. The van der Waals surface area contributed by atoms with Gasteiger partial charge in [-0.2, -0.15) is 5.10 Å². The van der Waals surface area contributed by atoms with Crippen molar-refractivity contribution in [2.24, 2.45) is 5.16 Å². The van der Waals surface area contributed by atoms with Crippen LogP contribution in [0.4, 0.5) is 0 Å². The molecule has 5 nitrogen and oxygen atoms in total. The average molecular weight is 227 g/mol. The summed E-state index contributed by atoms with van der Waals surface area (Å²) in [5, 5.41) is 11.0.